The lowest BCUT2D eigenvalue weighted by atomic mass is 9.97. The van der Waals surface area contributed by atoms with Crippen LogP contribution < -0.4 is 19.6 Å². The first-order valence-corrected chi connectivity index (χ1v) is 33.0. The minimum atomic E-state index is 0.871. The van der Waals surface area contributed by atoms with Gasteiger partial charge < -0.3 is 19.6 Å². The first kappa shape index (κ1) is 57.8. The van der Waals surface area contributed by atoms with Crippen molar-refractivity contribution in [3.63, 3.8) is 0 Å². The second-order valence-corrected chi connectivity index (χ2v) is 24.3. The van der Waals surface area contributed by atoms with Crippen LogP contribution in [0.4, 0.5) is 68.2 Å². The van der Waals surface area contributed by atoms with Crippen LogP contribution in [-0.4, -0.2) is 9.55 Å². The Morgan fingerprint density at radius 2 is 0.495 bits per heavy atom. The molecule has 16 aromatic carbocycles. The molecule has 0 N–H and O–H groups in total. The van der Waals surface area contributed by atoms with E-state index in [0.717, 1.165) is 151 Å². The fourth-order valence-electron chi connectivity index (χ4n) is 14.0. The summed E-state index contributed by atoms with van der Waals surface area (Å²) in [6, 6.07) is 139. The predicted octanol–water partition coefficient (Wildman–Crippen LogP) is 25.4. The summed E-state index contributed by atoms with van der Waals surface area (Å²) in [5, 5.41) is 6.68. The fourth-order valence-corrected chi connectivity index (χ4v) is 14.0. The van der Waals surface area contributed by atoms with E-state index in [1.54, 1.807) is 0 Å². The summed E-state index contributed by atoms with van der Waals surface area (Å²) in [7, 11) is 0. The van der Waals surface area contributed by atoms with Crippen molar-refractivity contribution >= 4 is 112 Å². The van der Waals surface area contributed by atoms with Gasteiger partial charge in [0, 0.05) is 90.3 Å². The Labute approximate surface area is 565 Å². The zero-order valence-electron chi connectivity index (χ0n) is 53.1. The maximum Gasteiger partial charge on any atom is 0.146 e. The molecule has 97 heavy (non-hydrogen) atoms. The second kappa shape index (κ2) is 25.5. The molecule has 6 heteroatoms. The number of imidazole rings is 1. The molecule has 0 fully saturated rings. The van der Waals surface area contributed by atoms with Gasteiger partial charge in [-0.1, -0.05) is 231 Å². The first-order chi connectivity index (χ1) is 48.1. The number of hydrogen-bond acceptors (Lipinski definition) is 5. The highest BCUT2D eigenvalue weighted by atomic mass is 15.2. The van der Waals surface area contributed by atoms with Gasteiger partial charge in [0.05, 0.1) is 11.0 Å². The molecule has 17 rings (SSSR count). The topological polar surface area (TPSA) is 30.8 Å². The lowest BCUT2D eigenvalue weighted by Gasteiger charge is -2.27. The first-order valence-electron chi connectivity index (χ1n) is 33.0. The SMILES string of the molecule is c1ccc(N(c2ccccc2)c2ccc(-c3ccc(N(c4ccccc4)c4ccc5c6ccc(N(c7ccccc7)c7ccc(-c8ccc(N(c9ccccc9)c9ccccc9)cc8)cc7)cc6c6c(nc(-c7cccc8ccccc78)n6-c6ccccc6)c5c4)cc3)cc2)cc1. The number of para-hydroxylation sites is 7. The molecule has 0 aliphatic heterocycles. The van der Waals surface area contributed by atoms with Crippen LogP contribution in [0.2, 0.25) is 0 Å². The predicted molar refractivity (Wildman–Crippen MR) is 409 cm³/mol. The minimum Gasteiger partial charge on any atom is -0.311 e. The van der Waals surface area contributed by atoms with Crippen LogP contribution in [0.5, 0.6) is 0 Å². The molecule has 0 aliphatic rings. The fraction of sp³-hybridized carbons (Fsp3) is 0. The van der Waals surface area contributed by atoms with E-state index in [1.807, 2.05) is 0 Å². The van der Waals surface area contributed by atoms with Gasteiger partial charge in [-0.15, -0.1) is 0 Å². The van der Waals surface area contributed by atoms with Gasteiger partial charge in [0.25, 0.3) is 0 Å². The number of rotatable bonds is 16. The van der Waals surface area contributed by atoms with E-state index in [9.17, 15) is 0 Å². The van der Waals surface area contributed by atoms with Crippen molar-refractivity contribution in [2.45, 2.75) is 0 Å². The molecule has 1 aromatic heterocycles. The highest BCUT2D eigenvalue weighted by molar-refractivity contribution is 6.26. The van der Waals surface area contributed by atoms with E-state index in [-0.39, 0.29) is 0 Å². The van der Waals surface area contributed by atoms with Crippen LogP contribution >= 0.6 is 0 Å². The molecular weight excluding hydrogens is 1180 g/mol. The highest BCUT2D eigenvalue weighted by Gasteiger charge is 2.25. The zero-order chi connectivity index (χ0) is 64.4. The Bertz CT molecular complexity index is 5500. The smallest absolute Gasteiger partial charge is 0.146 e. The maximum absolute atomic E-state index is 5.93. The lowest BCUT2D eigenvalue weighted by Crippen LogP contribution is -2.10. The number of fused-ring (bicyclic) bond motifs is 7. The van der Waals surface area contributed by atoms with Crippen LogP contribution in [0.15, 0.2) is 388 Å². The van der Waals surface area contributed by atoms with E-state index in [1.165, 1.54) is 0 Å². The van der Waals surface area contributed by atoms with Crippen molar-refractivity contribution < 1.29 is 0 Å². The molecular formula is C91H64N6. The monoisotopic (exact) mass is 1240 g/mol. The van der Waals surface area contributed by atoms with Crippen molar-refractivity contribution in [2.24, 2.45) is 0 Å². The molecule has 1 heterocycles. The van der Waals surface area contributed by atoms with E-state index in [0.29, 0.717) is 0 Å². The third kappa shape index (κ3) is 11.0. The van der Waals surface area contributed by atoms with Gasteiger partial charge in [-0.25, -0.2) is 4.98 Å². The number of benzene rings is 16. The van der Waals surface area contributed by atoms with Gasteiger partial charge in [-0.2, -0.15) is 0 Å². The summed E-state index contributed by atoms with van der Waals surface area (Å²) in [5.74, 6) is 0.871. The summed E-state index contributed by atoms with van der Waals surface area (Å²) in [5.41, 5.74) is 21.4. The van der Waals surface area contributed by atoms with Crippen LogP contribution in [0.3, 0.4) is 0 Å². The van der Waals surface area contributed by atoms with Gasteiger partial charge >= 0.3 is 0 Å². The Morgan fingerprint density at radius 3 is 0.876 bits per heavy atom. The number of anilines is 12. The van der Waals surface area contributed by atoms with E-state index in [2.05, 4.69) is 412 Å². The van der Waals surface area contributed by atoms with E-state index >= 15 is 0 Å². The quantitative estimate of drug-likeness (QED) is 0.0900. The summed E-state index contributed by atoms with van der Waals surface area (Å²) in [6.45, 7) is 0. The Morgan fingerprint density at radius 1 is 0.206 bits per heavy atom. The molecule has 0 bridgehead atoms. The molecule has 0 atom stereocenters. The van der Waals surface area contributed by atoms with Crippen molar-refractivity contribution in [1.29, 1.82) is 0 Å². The third-order valence-electron chi connectivity index (χ3n) is 18.5. The zero-order valence-corrected chi connectivity index (χ0v) is 53.1. The Kier molecular flexibility index (Phi) is 15.2. The summed E-state index contributed by atoms with van der Waals surface area (Å²) in [4.78, 5) is 15.3. The molecule has 0 spiro atoms. The van der Waals surface area contributed by atoms with Crippen molar-refractivity contribution in [3.05, 3.63) is 388 Å². The highest BCUT2D eigenvalue weighted by Crippen LogP contribution is 2.47. The number of nitrogens with zero attached hydrogens (tertiary/aromatic N) is 6. The summed E-state index contributed by atoms with van der Waals surface area (Å²) in [6.07, 6.45) is 0. The van der Waals surface area contributed by atoms with Crippen molar-refractivity contribution in [1.82, 2.24) is 9.55 Å². The van der Waals surface area contributed by atoms with Gasteiger partial charge in [0.1, 0.15) is 5.82 Å². The van der Waals surface area contributed by atoms with Gasteiger partial charge in [0.2, 0.25) is 0 Å². The summed E-state index contributed by atoms with van der Waals surface area (Å²) >= 11 is 0. The molecule has 0 unspecified atom stereocenters. The lowest BCUT2D eigenvalue weighted by molar-refractivity contribution is 1.11. The van der Waals surface area contributed by atoms with Gasteiger partial charge in [-0.3, -0.25) is 4.57 Å². The molecule has 0 saturated heterocycles. The molecule has 0 saturated carbocycles. The molecule has 6 nitrogen and oxygen atoms in total. The minimum absolute atomic E-state index is 0.871. The number of hydrogen-bond donors (Lipinski definition) is 0. The standard InChI is InChI=1S/C91H64N6/c1-8-27-70(28-9-1)93(71-29-10-2-11-30-71)77-51-43-65(44-52-77)67-47-55-79(56-48-67)95(74-35-16-5-17-36-74)81-59-61-84-85-62-60-82(64-88(85)90-89(87(84)63-81)92-91(97(90)76-39-20-7-21-40-76)86-42-24-26-69-25-22-23-41-83(69)86)96(75-37-18-6-19-38-75)80-57-49-68(50-58-80)66-45-53-78(54-46-66)94(72-31-12-3-13-32-72)73-33-14-4-15-34-73/h1-64H. The summed E-state index contributed by atoms with van der Waals surface area (Å²) < 4.78 is 2.41. The normalized spacial score (nSPS) is 11.3. The maximum atomic E-state index is 5.93. The van der Waals surface area contributed by atoms with Gasteiger partial charge in [-0.05, 0) is 202 Å². The Hall–Kier alpha value is -13.0. The van der Waals surface area contributed by atoms with Crippen LogP contribution in [0, 0.1) is 0 Å². The average molecular weight is 1240 g/mol. The molecule has 0 amide bonds. The van der Waals surface area contributed by atoms with Crippen molar-refractivity contribution in [3.8, 4) is 39.3 Å². The molecule has 17 aromatic rings. The van der Waals surface area contributed by atoms with Crippen LogP contribution in [-0.2, 0) is 0 Å². The molecule has 0 aliphatic carbocycles. The van der Waals surface area contributed by atoms with Crippen LogP contribution in [0.25, 0.3) is 82.7 Å². The van der Waals surface area contributed by atoms with Crippen LogP contribution in [0.1, 0.15) is 0 Å². The largest absolute Gasteiger partial charge is 0.311 e. The second-order valence-electron chi connectivity index (χ2n) is 24.3. The average Bonchev–Trinajstić information content (AvgIpc) is 1.60. The van der Waals surface area contributed by atoms with E-state index < -0.39 is 0 Å². The molecule has 458 valence electrons. The third-order valence-corrected chi connectivity index (χ3v) is 18.5. The van der Waals surface area contributed by atoms with Crippen molar-refractivity contribution in [2.75, 3.05) is 19.6 Å². The number of aromatic nitrogens is 2. The molecule has 0 radical (unpaired) electrons. The Balaban J connectivity index is 0.798. The van der Waals surface area contributed by atoms with Gasteiger partial charge in [0.15, 0.2) is 0 Å². The van der Waals surface area contributed by atoms with E-state index in [4.69, 9.17) is 4.98 Å².